The first-order chi connectivity index (χ1) is 14.1. The van der Waals surface area contributed by atoms with Crippen LogP contribution < -0.4 is 20.1 Å². The molecule has 1 aromatic carbocycles. The summed E-state index contributed by atoms with van der Waals surface area (Å²) in [7, 11) is 3.17. The number of carbonyl (C=O) groups is 1. The standard InChI is InChI=1S/C20H20N6O3/c1-12-17(19(27)25-13-5-4-8-21-10-13)18(26-20(24-12)22-11-23-26)15-9-14(28-2)6-7-16(15)29-3/h4-11,18H,1-3H3,(H,25,27)(H,22,23,24)/t18-/m0/s1. The third kappa shape index (κ3) is 3.38. The Hall–Kier alpha value is -3.88. The molecule has 0 radical (unpaired) electrons. The Morgan fingerprint density at radius 1 is 1.24 bits per heavy atom. The van der Waals surface area contributed by atoms with Crippen LogP contribution in [0.1, 0.15) is 18.5 Å². The number of amides is 1. The first-order valence-corrected chi connectivity index (χ1v) is 8.93. The molecular formula is C20H20N6O3. The summed E-state index contributed by atoms with van der Waals surface area (Å²) >= 11 is 0. The first kappa shape index (κ1) is 18.5. The minimum atomic E-state index is -0.560. The molecule has 148 valence electrons. The summed E-state index contributed by atoms with van der Waals surface area (Å²) in [5.74, 6) is 1.51. The molecule has 0 unspecified atom stereocenters. The molecule has 9 nitrogen and oxygen atoms in total. The molecular weight excluding hydrogens is 372 g/mol. The molecule has 0 fully saturated rings. The molecule has 4 rings (SSSR count). The van der Waals surface area contributed by atoms with E-state index in [4.69, 9.17) is 9.47 Å². The Balaban J connectivity index is 1.84. The van der Waals surface area contributed by atoms with Gasteiger partial charge in [-0.25, -0.2) is 4.68 Å². The topological polar surface area (TPSA) is 103 Å². The third-order valence-electron chi connectivity index (χ3n) is 4.69. The van der Waals surface area contributed by atoms with Crippen LogP contribution in [0.4, 0.5) is 11.6 Å². The number of methoxy groups -OCH3 is 2. The van der Waals surface area contributed by atoms with Crippen molar-refractivity contribution < 1.29 is 14.3 Å². The summed E-state index contributed by atoms with van der Waals surface area (Å²) in [4.78, 5) is 21.6. The predicted molar refractivity (Wildman–Crippen MR) is 107 cm³/mol. The number of nitrogens with one attached hydrogen (secondary N) is 2. The smallest absolute Gasteiger partial charge is 0.255 e. The molecule has 2 aromatic heterocycles. The van der Waals surface area contributed by atoms with E-state index in [0.29, 0.717) is 34.4 Å². The van der Waals surface area contributed by atoms with Gasteiger partial charge in [-0.3, -0.25) is 9.78 Å². The highest BCUT2D eigenvalue weighted by atomic mass is 16.5. The van der Waals surface area contributed by atoms with Crippen LogP contribution in [0.25, 0.3) is 0 Å². The number of fused-ring (bicyclic) bond motifs is 1. The van der Waals surface area contributed by atoms with E-state index in [9.17, 15) is 4.79 Å². The maximum Gasteiger partial charge on any atom is 0.255 e. The van der Waals surface area contributed by atoms with Gasteiger partial charge < -0.3 is 20.1 Å². The Labute approximate surface area is 167 Å². The van der Waals surface area contributed by atoms with Crippen molar-refractivity contribution in [1.82, 2.24) is 19.7 Å². The van der Waals surface area contributed by atoms with Gasteiger partial charge in [0.05, 0.1) is 31.7 Å². The van der Waals surface area contributed by atoms with Crippen LogP contribution in [0.5, 0.6) is 11.5 Å². The lowest BCUT2D eigenvalue weighted by atomic mass is 9.94. The molecule has 2 N–H and O–H groups in total. The normalized spacial score (nSPS) is 15.3. The Morgan fingerprint density at radius 3 is 2.83 bits per heavy atom. The van der Waals surface area contributed by atoms with E-state index in [-0.39, 0.29) is 5.91 Å². The number of ether oxygens (including phenoxy) is 2. The van der Waals surface area contributed by atoms with Crippen LogP contribution in [0.2, 0.25) is 0 Å². The number of pyridine rings is 1. The van der Waals surface area contributed by atoms with Gasteiger partial charge in [-0.2, -0.15) is 10.1 Å². The van der Waals surface area contributed by atoms with Crippen molar-refractivity contribution >= 4 is 17.5 Å². The number of rotatable bonds is 5. The summed E-state index contributed by atoms with van der Waals surface area (Å²) in [6.07, 6.45) is 4.68. The summed E-state index contributed by atoms with van der Waals surface area (Å²) in [5, 5.41) is 10.4. The summed E-state index contributed by atoms with van der Waals surface area (Å²) in [6.45, 7) is 1.83. The molecule has 29 heavy (non-hydrogen) atoms. The van der Waals surface area contributed by atoms with Gasteiger partial charge >= 0.3 is 0 Å². The van der Waals surface area contributed by atoms with E-state index in [1.54, 1.807) is 55.6 Å². The molecule has 0 spiro atoms. The highest BCUT2D eigenvalue weighted by Crippen LogP contribution is 2.40. The number of hydrogen-bond donors (Lipinski definition) is 2. The van der Waals surface area contributed by atoms with Gasteiger partial charge in [0.15, 0.2) is 0 Å². The van der Waals surface area contributed by atoms with E-state index in [1.165, 1.54) is 6.33 Å². The van der Waals surface area contributed by atoms with Gasteiger partial charge in [-0.1, -0.05) is 0 Å². The number of benzene rings is 1. The predicted octanol–water partition coefficient (Wildman–Crippen LogP) is 2.62. The van der Waals surface area contributed by atoms with Crippen molar-refractivity contribution in [3.63, 3.8) is 0 Å². The van der Waals surface area contributed by atoms with Crippen LogP contribution in [0.3, 0.4) is 0 Å². The fourth-order valence-electron chi connectivity index (χ4n) is 3.36. The van der Waals surface area contributed by atoms with Crippen molar-refractivity contribution in [2.24, 2.45) is 0 Å². The highest BCUT2D eigenvalue weighted by Gasteiger charge is 2.35. The van der Waals surface area contributed by atoms with Gasteiger partial charge in [-0.05, 0) is 37.3 Å². The maximum absolute atomic E-state index is 13.3. The molecule has 0 saturated heterocycles. The molecule has 9 heteroatoms. The van der Waals surface area contributed by atoms with Gasteiger partial charge in [0.1, 0.15) is 23.9 Å². The second kappa shape index (κ2) is 7.63. The maximum atomic E-state index is 13.3. The molecule has 0 aliphatic carbocycles. The second-order valence-corrected chi connectivity index (χ2v) is 6.40. The Morgan fingerprint density at radius 2 is 2.10 bits per heavy atom. The lowest BCUT2D eigenvalue weighted by molar-refractivity contribution is -0.113. The monoisotopic (exact) mass is 392 g/mol. The summed E-state index contributed by atoms with van der Waals surface area (Å²) in [5.41, 5.74) is 2.48. The van der Waals surface area contributed by atoms with Crippen LogP contribution in [-0.2, 0) is 4.79 Å². The fourth-order valence-corrected chi connectivity index (χ4v) is 3.36. The zero-order valence-corrected chi connectivity index (χ0v) is 16.2. The van der Waals surface area contributed by atoms with Gasteiger partial charge in [-0.15, -0.1) is 0 Å². The largest absolute Gasteiger partial charge is 0.497 e. The third-order valence-corrected chi connectivity index (χ3v) is 4.69. The Kier molecular flexibility index (Phi) is 4.86. The van der Waals surface area contributed by atoms with Crippen LogP contribution in [-0.4, -0.2) is 39.9 Å². The SMILES string of the molecule is COc1ccc(OC)c([C@H]2C(C(=O)Nc3cccnc3)=C(C)Nc3ncnn32)c1. The summed E-state index contributed by atoms with van der Waals surface area (Å²) in [6, 6.07) is 8.42. The van der Waals surface area contributed by atoms with Crippen molar-refractivity contribution in [2.45, 2.75) is 13.0 Å². The molecule has 1 atom stereocenters. The lowest BCUT2D eigenvalue weighted by Crippen LogP contribution is -2.31. The zero-order chi connectivity index (χ0) is 20.4. The summed E-state index contributed by atoms with van der Waals surface area (Å²) < 4.78 is 12.6. The molecule has 1 aliphatic heterocycles. The number of hydrogen-bond acceptors (Lipinski definition) is 7. The van der Waals surface area contributed by atoms with Crippen molar-refractivity contribution in [2.75, 3.05) is 24.9 Å². The minimum Gasteiger partial charge on any atom is -0.497 e. The van der Waals surface area contributed by atoms with Crippen LogP contribution in [0, 0.1) is 0 Å². The van der Waals surface area contributed by atoms with Crippen molar-refractivity contribution in [1.29, 1.82) is 0 Å². The van der Waals surface area contributed by atoms with E-state index in [0.717, 1.165) is 5.56 Å². The average Bonchev–Trinajstić information content (AvgIpc) is 3.20. The molecule has 0 saturated carbocycles. The first-order valence-electron chi connectivity index (χ1n) is 8.93. The molecule has 3 heterocycles. The molecule has 0 bridgehead atoms. The van der Waals surface area contributed by atoms with Crippen LogP contribution >= 0.6 is 0 Å². The molecule has 1 aliphatic rings. The second-order valence-electron chi connectivity index (χ2n) is 6.40. The van der Waals surface area contributed by atoms with E-state index >= 15 is 0 Å². The van der Waals surface area contributed by atoms with E-state index < -0.39 is 6.04 Å². The lowest BCUT2D eigenvalue weighted by Gasteiger charge is -2.29. The fraction of sp³-hybridized carbons (Fsp3) is 0.200. The van der Waals surface area contributed by atoms with E-state index in [1.807, 2.05) is 13.0 Å². The van der Waals surface area contributed by atoms with Crippen molar-refractivity contribution in [3.05, 3.63) is 65.9 Å². The van der Waals surface area contributed by atoms with Gasteiger partial charge in [0, 0.05) is 17.5 Å². The van der Waals surface area contributed by atoms with Gasteiger partial charge in [0.2, 0.25) is 5.95 Å². The van der Waals surface area contributed by atoms with E-state index in [2.05, 4.69) is 25.7 Å². The van der Waals surface area contributed by atoms with Crippen molar-refractivity contribution in [3.8, 4) is 11.5 Å². The molecule has 3 aromatic rings. The number of nitrogens with zero attached hydrogens (tertiary/aromatic N) is 4. The van der Waals surface area contributed by atoms with Gasteiger partial charge in [0.25, 0.3) is 5.91 Å². The number of carbonyl (C=O) groups excluding carboxylic acids is 1. The number of aromatic nitrogens is 4. The molecule has 1 amide bonds. The highest BCUT2D eigenvalue weighted by molar-refractivity contribution is 6.06. The quantitative estimate of drug-likeness (QED) is 0.688. The Bertz CT molecular complexity index is 1080. The number of allylic oxidation sites excluding steroid dienone is 1. The van der Waals surface area contributed by atoms with Crippen LogP contribution in [0.15, 0.2) is 60.3 Å². The number of anilines is 2. The average molecular weight is 392 g/mol. The zero-order valence-electron chi connectivity index (χ0n) is 16.2. The minimum absolute atomic E-state index is 0.279.